The van der Waals surface area contributed by atoms with Crippen LogP contribution in [0.25, 0.3) is 0 Å². The van der Waals surface area contributed by atoms with Crippen molar-refractivity contribution in [2.75, 3.05) is 0 Å². The van der Waals surface area contributed by atoms with Crippen molar-refractivity contribution in [3.8, 4) is 0 Å². The summed E-state index contributed by atoms with van der Waals surface area (Å²) in [6, 6.07) is 3.58. The number of aliphatic hydroxyl groups excluding tert-OH is 1. The van der Waals surface area contributed by atoms with Gasteiger partial charge in [0.25, 0.3) is 0 Å². The Hall–Kier alpha value is -0.770. The van der Waals surface area contributed by atoms with Crippen molar-refractivity contribution in [1.82, 2.24) is 0 Å². The van der Waals surface area contributed by atoms with Gasteiger partial charge in [0.15, 0.2) is 0 Å². The van der Waals surface area contributed by atoms with Crippen molar-refractivity contribution < 1.29 is 9.52 Å². The first kappa shape index (κ1) is 9.77. The Morgan fingerprint density at radius 2 is 2.36 bits per heavy atom. The summed E-state index contributed by atoms with van der Waals surface area (Å²) in [5.74, 6) is 0.784. The fourth-order valence-corrected chi connectivity index (χ4v) is 2.43. The smallest absolute Gasteiger partial charge is 0.118 e. The molecular weight excluding hydrogens is 220 g/mol. The van der Waals surface area contributed by atoms with E-state index >= 15 is 0 Å². The maximum absolute atomic E-state index is 9.94. The van der Waals surface area contributed by atoms with Crippen LogP contribution in [0.15, 0.2) is 28.2 Å². The standard InChI is InChI=1S/C10H9ClO2S/c1-6-4-7(5-13-6)9(12)10-8(11)2-3-14-10/h2-5,9,12H,1H3. The molecule has 0 saturated heterocycles. The van der Waals surface area contributed by atoms with E-state index in [1.807, 2.05) is 12.3 Å². The molecule has 0 aliphatic heterocycles. The van der Waals surface area contributed by atoms with E-state index in [-0.39, 0.29) is 0 Å². The van der Waals surface area contributed by atoms with E-state index in [4.69, 9.17) is 16.0 Å². The van der Waals surface area contributed by atoms with Crippen molar-refractivity contribution in [2.45, 2.75) is 13.0 Å². The Morgan fingerprint density at radius 1 is 1.57 bits per heavy atom. The average molecular weight is 229 g/mol. The summed E-state index contributed by atoms with van der Waals surface area (Å²) in [6.45, 7) is 1.84. The van der Waals surface area contributed by atoms with E-state index in [0.29, 0.717) is 5.02 Å². The van der Waals surface area contributed by atoms with Crippen LogP contribution in [-0.4, -0.2) is 5.11 Å². The Balaban J connectivity index is 2.33. The maximum Gasteiger partial charge on any atom is 0.118 e. The first-order valence-corrected chi connectivity index (χ1v) is 5.40. The van der Waals surface area contributed by atoms with E-state index in [0.717, 1.165) is 16.2 Å². The van der Waals surface area contributed by atoms with Gasteiger partial charge in [-0.1, -0.05) is 11.6 Å². The highest BCUT2D eigenvalue weighted by atomic mass is 35.5. The molecule has 0 radical (unpaired) electrons. The van der Waals surface area contributed by atoms with Gasteiger partial charge in [-0.05, 0) is 24.4 Å². The van der Waals surface area contributed by atoms with E-state index in [2.05, 4.69) is 0 Å². The zero-order chi connectivity index (χ0) is 10.1. The van der Waals surface area contributed by atoms with Gasteiger partial charge in [0, 0.05) is 5.56 Å². The lowest BCUT2D eigenvalue weighted by molar-refractivity contribution is 0.223. The molecule has 2 aromatic heterocycles. The quantitative estimate of drug-likeness (QED) is 0.855. The molecule has 0 saturated carbocycles. The predicted octanol–water partition coefficient (Wildman–Crippen LogP) is 3.38. The lowest BCUT2D eigenvalue weighted by Crippen LogP contribution is -1.95. The minimum Gasteiger partial charge on any atom is -0.469 e. The van der Waals surface area contributed by atoms with E-state index in [1.54, 1.807) is 18.4 Å². The highest BCUT2D eigenvalue weighted by molar-refractivity contribution is 7.10. The van der Waals surface area contributed by atoms with Crippen LogP contribution in [0.4, 0.5) is 0 Å². The van der Waals surface area contributed by atoms with Crippen molar-refractivity contribution in [1.29, 1.82) is 0 Å². The third-order valence-electron chi connectivity index (χ3n) is 1.96. The minimum atomic E-state index is -0.681. The second kappa shape index (κ2) is 3.77. The minimum absolute atomic E-state index is 0.598. The third-order valence-corrected chi connectivity index (χ3v) is 3.37. The average Bonchev–Trinajstić information content (AvgIpc) is 2.73. The molecule has 0 bridgehead atoms. The van der Waals surface area contributed by atoms with Crippen LogP contribution in [0.1, 0.15) is 22.3 Å². The number of thiophene rings is 1. The molecule has 0 spiro atoms. The van der Waals surface area contributed by atoms with Gasteiger partial charge in [-0.15, -0.1) is 11.3 Å². The number of hydrogen-bond donors (Lipinski definition) is 1. The van der Waals surface area contributed by atoms with Gasteiger partial charge in [0.1, 0.15) is 11.9 Å². The molecular formula is C10H9ClO2S. The first-order chi connectivity index (χ1) is 6.68. The molecule has 4 heteroatoms. The largest absolute Gasteiger partial charge is 0.469 e. The Bertz CT molecular complexity index is 433. The zero-order valence-electron chi connectivity index (χ0n) is 7.53. The molecule has 0 fully saturated rings. The van der Waals surface area contributed by atoms with Gasteiger partial charge in [0.05, 0.1) is 16.2 Å². The topological polar surface area (TPSA) is 33.4 Å². The molecule has 0 aliphatic rings. The normalized spacial score (nSPS) is 13.1. The molecule has 1 atom stereocenters. The Morgan fingerprint density at radius 3 is 2.86 bits per heavy atom. The monoisotopic (exact) mass is 228 g/mol. The van der Waals surface area contributed by atoms with E-state index < -0.39 is 6.10 Å². The summed E-state index contributed by atoms with van der Waals surface area (Å²) >= 11 is 7.35. The molecule has 14 heavy (non-hydrogen) atoms. The summed E-state index contributed by atoms with van der Waals surface area (Å²) in [6.07, 6.45) is 0.871. The molecule has 1 N–H and O–H groups in total. The summed E-state index contributed by atoms with van der Waals surface area (Å²) in [7, 11) is 0. The molecule has 0 aromatic carbocycles. The fourth-order valence-electron chi connectivity index (χ4n) is 1.26. The highest BCUT2D eigenvalue weighted by Crippen LogP contribution is 2.33. The van der Waals surface area contributed by atoms with Crippen LogP contribution >= 0.6 is 22.9 Å². The number of rotatable bonds is 2. The lowest BCUT2D eigenvalue weighted by atomic mass is 10.1. The lowest BCUT2D eigenvalue weighted by Gasteiger charge is -2.05. The van der Waals surface area contributed by atoms with Crippen LogP contribution < -0.4 is 0 Å². The van der Waals surface area contributed by atoms with Crippen LogP contribution in [0, 0.1) is 6.92 Å². The van der Waals surface area contributed by atoms with Gasteiger partial charge in [-0.3, -0.25) is 0 Å². The van der Waals surface area contributed by atoms with Gasteiger partial charge < -0.3 is 9.52 Å². The first-order valence-electron chi connectivity index (χ1n) is 4.14. The molecule has 2 aromatic rings. The molecule has 2 rings (SSSR count). The summed E-state index contributed by atoms with van der Waals surface area (Å²) < 4.78 is 5.13. The van der Waals surface area contributed by atoms with Crippen LogP contribution in [0.5, 0.6) is 0 Å². The van der Waals surface area contributed by atoms with Crippen LogP contribution in [-0.2, 0) is 0 Å². The molecule has 0 aliphatic carbocycles. The molecule has 74 valence electrons. The zero-order valence-corrected chi connectivity index (χ0v) is 9.10. The summed E-state index contributed by atoms with van der Waals surface area (Å²) in [5, 5.41) is 12.4. The summed E-state index contributed by atoms with van der Waals surface area (Å²) in [4.78, 5) is 0.757. The number of hydrogen-bond acceptors (Lipinski definition) is 3. The summed E-state index contributed by atoms with van der Waals surface area (Å²) in [5.41, 5.74) is 0.742. The maximum atomic E-state index is 9.94. The van der Waals surface area contributed by atoms with Gasteiger partial charge in [-0.25, -0.2) is 0 Å². The van der Waals surface area contributed by atoms with Crippen molar-refractivity contribution >= 4 is 22.9 Å². The second-order valence-electron chi connectivity index (χ2n) is 3.03. The van der Waals surface area contributed by atoms with E-state index in [1.165, 1.54) is 11.3 Å². The van der Waals surface area contributed by atoms with Gasteiger partial charge >= 0.3 is 0 Å². The van der Waals surface area contributed by atoms with Crippen LogP contribution in [0.2, 0.25) is 5.02 Å². The van der Waals surface area contributed by atoms with E-state index in [9.17, 15) is 5.11 Å². The number of halogens is 1. The fraction of sp³-hybridized carbons (Fsp3) is 0.200. The number of furan rings is 1. The second-order valence-corrected chi connectivity index (χ2v) is 4.38. The molecule has 2 nitrogen and oxygen atoms in total. The highest BCUT2D eigenvalue weighted by Gasteiger charge is 2.16. The third kappa shape index (κ3) is 1.71. The SMILES string of the molecule is Cc1cc(C(O)c2sccc2Cl)co1. The molecule has 1 unspecified atom stereocenters. The Kier molecular flexibility index (Phi) is 2.63. The van der Waals surface area contributed by atoms with Crippen molar-refractivity contribution in [2.24, 2.45) is 0 Å². The van der Waals surface area contributed by atoms with Crippen molar-refractivity contribution in [3.63, 3.8) is 0 Å². The molecule has 2 heterocycles. The number of aryl methyl sites for hydroxylation is 1. The van der Waals surface area contributed by atoms with Gasteiger partial charge in [0.2, 0.25) is 0 Å². The Labute approximate surface area is 90.8 Å². The molecule has 0 amide bonds. The van der Waals surface area contributed by atoms with Gasteiger partial charge in [-0.2, -0.15) is 0 Å². The van der Waals surface area contributed by atoms with Crippen molar-refractivity contribution in [3.05, 3.63) is 45.0 Å². The predicted molar refractivity (Wildman–Crippen MR) is 56.8 cm³/mol. The number of aliphatic hydroxyl groups is 1. The van der Waals surface area contributed by atoms with Crippen LogP contribution in [0.3, 0.4) is 0 Å².